The molecule has 1 unspecified atom stereocenters. The van der Waals surface area contributed by atoms with Crippen molar-refractivity contribution in [2.45, 2.75) is 27.7 Å². The van der Waals surface area contributed by atoms with Gasteiger partial charge in [-0.25, -0.2) is 9.37 Å². The molecule has 0 aliphatic heterocycles. The summed E-state index contributed by atoms with van der Waals surface area (Å²) >= 11 is 0. The van der Waals surface area contributed by atoms with Gasteiger partial charge in [-0.2, -0.15) is 0 Å². The third-order valence-electron chi connectivity index (χ3n) is 3.42. The maximum absolute atomic E-state index is 13.9. The lowest BCUT2D eigenvalue weighted by Gasteiger charge is -2.27. The lowest BCUT2D eigenvalue weighted by Crippen LogP contribution is -2.34. The van der Waals surface area contributed by atoms with Crippen molar-refractivity contribution in [1.82, 2.24) is 10.3 Å². The minimum atomic E-state index is -0.620. The standard InChI is InChI=1S/C14H22FN3O/c1-9(14(2,3)4)8-18-13(19)10-6-7-17-12(16-5)11(10)15/h6-7,9H,8H2,1-5H3,(H,16,17)(H,18,19). The first-order valence-corrected chi connectivity index (χ1v) is 6.37. The number of anilines is 1. The molecule has 0 radical (unpaired) electrons. The number of carbonyl (C=O) groups excluding carboxylic acids is 1. The third kappa shape index (κ3) is 3.91. The van der Waals surface area contributed by atoms with E-state index in [-0.39, 0.29) is 16.8 Å². The average Bonchev–Trinajstić information content (AvgIpc) is 2.34. The molecule has 5 heteroatoms. The number of nitrogens with zero attached hydrogens (tertiary/aromatic N) is 1. The molecule has 0 bridgehead atoms. The summed E-state index contributed by atoms with van der Waals surface area (Å²) < 4.78 is 13.9. The number of hydrogen-bond donors (Lipinski definition) is 2. The number of pyridine rings is 1. The average molecular weight is 267 g/mol. The Bertz CT molecular complexity index is 454. The molecule has 106 valence electrons. The molecule has 1 rings (SSSR count). The van der Waals surface area contributed by atoms with Crippen molar-refractivity contribution < 1.29 is 9.18 Å². The zero-order valence-electron chi connectivity index (χ0n) is 12.2. The van der Waals surface area contributed by atoms with Gasteiger partial charge in [0.25, 0.3) is 5.91 Å². The van der Waals surface area contributed by atoms with E-state index in [1.165, 1.54) is 12.3 Å². The summed E-state index contributed by atoms with van der Waals surface area (Å²) in [5.41, 5.74) is 0.112. The van der Waals surface area contributed by atoms with Gasteiger partial charge >= 0.3 is 0 Å². The fourth-order valence-corrected chi connectivity index (χ4v) is 1.44. The predicted molar refractivity (Wildman–Crippen MR) is 74.7 cm³/mol. The van der Waals surface area contributed by atoms with Gasteiger partial charge in [0, 0.05) is 19.8 Å². The van der Waals surface area contributed by atoms with Gasteiger partial charge < -0.3 is 10.6 Å². The number of amides is 1. The normalized spacial score (nSPS) is 12.9. The summed E-state index contributed by atoms with van der Waals surface area (Å²) in [4.78, 5) is 15.8. The van der Waals surface area contributed by atoms with Gasteiger partial charge in [-0.05, 0) is 17.4 Å². The van der Waals surface area contributed by atoms with E-state index in [1.807, 2.05) is 0 Å². The second kappa shape index (κ2) is 5.99. The van der Waals surface area contributed by atoms with Crippen LogP contribution < -0.4 is 10.6 Å². The van der Waals surface area contributed by atoms with Crippen molar-refractivity contribution in [2.75, 3.05) is 18.9 Å². The van der Waals surface area contributed by atoms with E-state index < -0.39 is 11.7 Å². The summed E-state index contributed by atoms with van der Waals surface area (Å²) in [7, 11) is 1.56. The first-order chi connectivity index (χ1) is 8.77. The van der Waals surface area contributed by atoms with Crippen molar-refractivity contribution >= 4 is 11.7 Å². The maximum Gasteiger partial charge on any atom is 0.254 e. The van der Waals surface area contributed by atoms with Gasteiger partial charge in [-0.15, -0.1) is 0 Å². The summed E-state index contributed by atoms with van der Waals surface area (Å²) in [5, 5.41) is 5.38. The minimum absolute atomic E-state index is 0.0143. The van der Waals surface area contributed by atoms with Crippen LogP contribution in [-0.2, 0) is 0 Å². The highest BCUT2D eigenvalue weighted by atomic mass is 19.1. The Morgan fingerprint density at radius 2 is 2.11 bits per heavy atom. The smallest absolute Gasteiger partial charge is 0.254 e. The van der Waals surface area contributed by atoms with Gasteiger partial charge in [0.2, 0.25) is 0 Å². The number of hydrogen-bond acceptors (Lipinski definition) is 3. The van der Waals surface area contributed by atoms with Gasteiger partial charge in [-0.1, -0.05) is 27.7 Å². The van der Waals surface area contributed by atoms with E-state index in [1.54, 1.807) is 7.05 Å². The van der Waals surface area contributed by atoms with E-state index in [2.05, 4.69) is 43.3 Å². The molecular formula is C14H22FN3O. The molecule has 4 nitrogen and oxygen atoms in total. The van der Waals surface area contributed by atoms with Gasteiger partial charge in [0.1, 0.15) is 0 Å². The molecule has 1 heterocycles. The molecular weight excluding hydrogens is 245 g/mol. The molecule has 19 heavy (non-hydrogen) atoms. The summed E-state index contributed by atoms with van der Waals surface area (Å²) in [6, 6.07) is 1.38. The highest BCUT2D eigenvalue weighted by molar-refractivity contribution is 5.95. The Balaban J connectivity index is 2.75. The van der Waals surface area contributed by atoms with Crippen LogP contribution in [-0.4, -0.2) is 24.5 Å². The van der Waals surface area contributed by atoms with Crippen LogP contribution in [0.3, 0.4) is 0 Å². The Morgan fingerprint density at radius 1 is 1.47 bits per heavy atom. The molecule has 0 aliphatic rings. The van der Waals surface area contributed by atoms with E-state index in [4.69, 9.17) is 0 Å². The Hall–Kier alpha value is -1.65. The molecule has 0 aliphatic carbocycles. The van der Waals surface area contributed by atoms with Crippen LogP contribution in [0.2, 0.25) is 0 Å². The van der Waals surface area contributed by atoms with E-state index in [0.29, 0.717) is 12.5 Å². The fraction of sp³-hybridized carbons (Fsp3) is 0.571. The monoisotopic (exact) mass is 267 g/mol. The lowest BCUT2D eigenvalue weighted by molar-refractivity contribution is 0.0933. The van der Waals surface area contributed by atoms with Crippen molar-refractivity contribution in [1.29, 1.82) is 0 Å². The largest absolute Gasteiger partial charge is 0.371 e. The van der Waals surface area contributed by atoms with Crippen LogP contribution in [0, 0.1) is 17.2 Å². The molecule has 2 N–H and O–H groups in total. The number of carbonyl (C=O) groups is 1. The summed E-state index contributed by atoms with van der Waals surface area (Å²) in [6.07, 6.45) is 1.41. The minimum Gasteiger partial charge on any atom is -0.371 e. The molecule has 0 saturated carbocycles. The van der Waals surface area contributed by atoms with Crippen LogP contribution in [0.5, 0.6) is 0 Å². The molecule has 1 amide bonds. The van der Waals surface area contributed by atoms with Crippen molar-refractivity contribution in [3.63, 3.8) is 0 Å². The van der Waals surface area contributed by atoms with E-state index >= 15 is 0 Å². The van der Waals surface area contributed by atoms with Gasteiger partial charge in [0.15, 0.2) is 11.6 Å². The summed E-state index contributed by atoms with van der Waals surface area (Å²) in [5.74, 6) is -0.653. The quantitative estimate of drug-likeness (QED) is 0.882. The van der Waals surface area contributed by atoms with Crippen LogP contribution in [0.15, 0.2) is 12.3 Å². The van der Waals surface area contributed by atoms with Crippen molar-refractivity contribution in [3.05, 3.63) is 23.6 Å². The second-order valence-corrected chi connectivity index (χ2v) is 5.75. The maximum atomic E-state index is 13.9. The van der Waals surface area contributed by atoms with Gasteiger partial charge in [-0.3, -0.25) is 4.79 Å². The van der Waals surface area contributed by atoms with Crippen LogP contribution in [0.4, 0.5) is 10.2 Å². The fourth-order valence-electron chi connectivity index (χ4n) is 1.44. The molecule has 1 atom stereocenters. The van der Waals surface area contributed by atoms with Crippen LogP contribution >= 0.6 is 0 Å². The number of rotatable bonds is 4. The number of nitrogens with one attached hydrogen (secondary N) is 2. The van der Waals surface area contributed by atoms with E-state index in [0.717, 1.165) is 0 Å². The topological polar surface area (TPSA) is 54.0 Å². The van der Waals surface area contributed by atoms with Crippen molar-refractivity contribution in [3.8, 4) is 0 Å². The predicted octanol–water partition coefficient (Wildman–Crippen LogP) is 2.67. The molecule has 0 saturated heterocycles. The van der Waals surface area contributed by atoms with Crippen LogP contribution in [0.1, 0.15) is 38.1 Å². The van der Waals surface area contributed by atoms with Crippen LogP contribution in [0.25, 0.3) is 0 Å². The molecule has 1 aromatic heterocycles. The SMILES string of the molecule is CNc1nccc(C(=O)NCC(C)C(C)(C)C)c1F. The first-order valence-electron chi connectivity index (χ1n) is 6.37. The Kier molecular flexibility index (Phi) is 4.86. The number of halogens is 1. The highest BCUT2D eigenvalue weighted by Crippen LogP contribution is 2.24. The van der Waals surface area contributed by atoms with Crippen molar-refractivity contribution in [2.24, 2.45) is 11.3 Å². The first kappa shape index (κ1) is 15.4. The Morgan fingerprint density at radius 3 is 2.63 bits per heavy atom. The third-order valence-corrected chi connectivity index (χ3v) is 3.42. The molecule has 0 aromatic carbocycles. The zero-order valence-corrected chi connectivity index (χ0v) is 12.2. The summed E-state index contributed by atoms with van der Waals surface area (Å²) in [6.45, 7) is 8.89. The molecule has 0 spiro atoms. The second-order valence-electron chi connectivity index (χ2n) is 5.75. The van der Waals surface area contributed by atoms with E-state index in [9.17, 15) is 9.18 Å². The lowest BCUT2D eigenvalue weighted by atomic mass is 9.82. The number of aromatic nitrogens is 1. The molecule has 0 fully saturated rings. The van der Waals surface area contributed by atoms with Gasteiger partial charge in [0.05, 0.1) is 5.56 Å². The highest BCUT2D eigenvalue weighted by Gasteiger charge is 2.21. The zero-order chi connectivity index (χ0) is 14.6. The molecule has 1 aromatic rings. The Labute approximate surface area is 113 Å².